The Bertz CT molecular complexity index is 2490. The van der Waals surface area contributed by atoms with Gasteiger partial charge in [0, 0.05) is 58.8 Å². The number of nitrogens with zero attached hydrogens (tertiary/aromatic N) is 2. The molecule has 5 aliphatic heterocycles. The fourth-order valence-electron chi connectivity index (χ4n) is 7.79. The van der Waals surface area contributed by atoms with Crippen LogP contribution in [-0.4, -0.2) is 141 Å². The number of fused-ring (bicyclic) bond motifs is 1. The summed E-state index contributed by atoms with van der Waals surface area (Å²) in [4.78, 5) is 48.1. The number of hydrogen-bond acceptors (Lipinski definition) is 21. The number of benzene rings is 4. The van der Waals surface area contributed by atoms with Gasteiger partial charge < -0.3 is 78.1 Å². The van der Waals surface area contributed by atoms with Gasteiger partial charge in [0.2, 0.25) is 6.54 Å². The molecule has 0 aromatic heterocycles. The van der Waals surface area contributed by atoms with Crippen molar-refractivity contribution in [1.29, 1.82) is 0 Å². The maximum atomic E-state index is 11.6. The maximum Gasteiger partial charge on any atom is 1.00 e. The molecule has 5 heterocycles. The van der Waals surface area contributed by atoms with E-state index in [-0.39, 0.29) is 68.1 Å². The Hall–Kier alpha value is -5.56. The summed E-state index contributed by atoms with van der Waals surface area (Å²) < 4.78 is 62.3. The number of aliphatic carboxylic acids is 2. The number of nitro groups is 2. The number of carboxylic acids is 2. The van der Waals surface area contributed by atoms with Crippen molar-refractivity contribution >= 4 is 56.0 Å². The third-order valence-electron chi connectivity index (χ3n) is 11.8. The standard InChI is InChI=1S/C19H27BO6.C16H16BNO6.C10H12BNO3.2C2H4O2.CH3NO2.Na.H2O/c1-18(2)19(3,4)26-20(25-18)17-14(12-21)8-7-9-15(17)23-13-24-16-10-5-6-11-22-16;19-17-16-13(15(24-17)9-18(20)21)7-4-8-14(16)23-11-22-10-12-5-2-1-3-6-12;12-6-9-7-2-1-3-8-10(7)11(15-9)14-5-4-13-8;3*1-2(3)4;;/h7-9,12,16H,5-6,10-11,13H2,1-4H3;1-8,15,19H,9-11H2;1-3,9H,4-6,12H2;2*1H3,(H,3,4);1H3;;1H2/q;;;;;;+1;/p-1. The van der Waals surface area contributed by atoms with Crippen LogP contribution >= 0.6 is 0 Å². The van der Waals surface area contributed by atoms with Gasteiger partial charge >= 0.3 is 50.9 Å². The molecule has 2 fully saturated rings. The van der Waals surface area contributed by atoms with Gasteiger partial charge in [0.05, 0.1) is 30.5 Å². The molecular formula is C50H67B3N3NaO22. The topological polar surface area (TPSA) is 356 Å². The monoisotopic (exact) mass is 1120 g/mol. The van der Waals surface area contributed by atoms with Crippen LogP contribution in [0.1, 0.15) is 100 Å². The first-order chi connectivity index (χ1) is 36.6. The van der Waals surface area contributed by atoms with Crippen molar-refractivity contribution in [2.75, 3.05) is 53.5 Å². The van der Waals surface area contributed by atoms with Gasteiger partial charge in [0.25, 0.3) is 11.9 Å². The van der Waals surface area contributed by atoms with Crippen molar-refractivity contribution in [3.05, 3.63) is 127 Å². The summed E-state index contributed by atoms with van der Waals surface area (Å²) in [6.07, 6.45) is 2.72. The van der Waals surface area contributed by atoms with Crippen molar-refractivity contribution in [1.82, 2.24) is 0 Å². The summed E-state index contributed by atoms with van der Waals surface area (Å²) in [5.41, 5.74) is 9.85. The zero-order chi connectivity index (χ0) is 56.7. The molecule has 4 aromatic rings. The number of rotatable bonds is 14. The Balaban J connectivity index is 0.000000370. The van der Waals surface area contributed by atoms with E-state index in [9.17, 15) is 19.9 Å². The predicted octanol–water partition coefficient (Wildman–Crippen LogP) is 0.676. The Morgan fingerprint density at radius 3 is 1.91 bits per heavy atom. The first-order valence-electron chi connectivity index (χ1n) is 24.4. The van der Waals surface area contributed by atoms with Crippen LogP contribution in [0.5, 0.6) is 17.2 Å². The summed E-state index contributed by atoms with van der Waals surface area (Å²) in [5, 5.41) is 44.3. The molecule has 3 atom stereocenters. The zero-order valence-corrected chi connectivity index (χ0v) is 47.5. The normalized spacial score (nSPS) is 18.3. The zero-order valence-electron chi connectivity index (χ0n) is 45.5. The van der Waals surface area contributed by atoms with E-state index >= 15 is 0 Å². The van der Waals surface area contributed by atoms with E-state index in [4.69, 9.17) is 87.3 Å². The molecular weight excluding hydrogens is 1050 g/mol. The molecule has 0 amide bonds. The van der Waals surface area contributed by atoms with Gasteiger partial charge in [-0.1, -0.05) is 66.7 Å². The third kappa shape index (κ3) is 22.1. The molecule has 0 aliphatic carbocycles. The van der Waals surface area contributed by atoms with Crippen molar-refractivity contribution in [2.45, 2.75) is 97.1 Å². The quantitative estimate of drug-likeness (QED) is 0.0337. The molecule has 79 heavy (non-hydrogen) atoms. The average Bonchev–Trinajstić information content (AvgIpc) is 3.91. The first kappa shape index (κ1) is 69.6. The van der Waals surface area contributed by atoms with Gasteiger partial charge in [0.15, 0.2) is 26.9 Å². The number of aldehydes is 1. The Morgan fingerprint density at radius 2 is 1.34 bits per heavy atom. The maximum absolute atomic E-state index is 11.6. The molecule has 9 rings (SSSR count). The van der Waals surface area contributed by atoms with Crippen molar-refractivity contribution in [2.24, 2.45) is 5.73 Å². The van der Waals surface area contributed by atoms with Crippen LogP contribution < -0.4 is 65.9 Å². The summed E-state index contributed by atoms with van der Waals surface area (Å²) in [7, 11) is -1.33. The van der Waals surface area contributed by atoms with Gasteiger partial charge in [-0.3, -0.25) is 34.6 Å². The molecule has 5 aliphatic rings. The van der Waals surface area contributed by atoms with E-state index in [1.807, 2.05) is 76.2 Å². The molecule has 6 N–H and O–H groups in total. The minimum atomic E-state index is -1.24. The minimum Gasteiger partial charge on any atom is -0.870 e. The van der Waals surface area contributed by atoms with E-state index < -0.39 is 59.9 Å². The number of carbonyl (C=O) groups is 3. The first-order valence-corrected chi connectivity index (χ1v) is 24.4. The van der Waals surface area contributed by atoms with E-state index in [0.29, 0.717) is 66.5 Å². The van der Waals surface area contributed by atoms with Gasteiger partial charge in [-0.05, 0) is 81.8 Å². The smallest absolute Gasteiger partial charge is 0.870 e. The molecule has 424 valence electrons. The fraction of sp³-hybridized carbons (Fsp3) is 0.460. The Morgan fingerprint density at radius 1 is 0.772 bits per heavy atom. The van der Waals surface area contributed by atoms with Crippen molar-refractivity contribution in [3.8, 4) is 17.2 Å². The van der Waals surface area contributed by atoms with E-state index in [0.717, 1.165) is 68.8 Å². The van der Waals surface area contributed by atoms with Crippen LogP contribution in [0.3, 0.4) is 0 Å². The average molecular weight is 1120 g/mol. The molecule has 4 aromatic carbocycles. The van der Waals surface area contributed by atoms with Crippen LogP contribution in [0.15, 0.2) is 84.9 Å². The third-order valence-corrected chi connectivity index (χ3v) is 11.8. The van der Waals surface area contributed by atoms with Crippen LogP contribution in [-0.2, 0) is 53.7 Å². The number of hydrogen-bond donors (Lipinski definition) is 4. The van der Waals surface area contributed by atoms with Gasteiger partial charge in [-0.15, -0.1) is 0 Å². The SMILES string of the molecule is CC(=O)O.CC(=O)O.CC1(C)OB(c2c(C=O)cccc2OCOC2CCCCO2)OC1(C)C.C[N+](=O)[O-].NCC1OB2OCCOc3cccc1c32.O=[N+]([O-])CC1OB(O)c2c(OCOCc3ccccc3)cccc21.[Na+].[OH-]. The number of ether oxygens (including phenoxy) is 6. The van der Waals surface area contributed by atoms with E-state index in [1.54, 1.807) is 36.4 Å². The predicted molar refractivity (Wildman–Crippen MR) is 282 cm³/mol. The molecule has 25 nitrogen and oxygen atoms in total. The number of nitrogens with two attached hydrogens (primary N) is 1. The van der Waals surface area contributed by atoms with Crippen molar-refractivity contribution in [3.63, 3.8) is 0 Å². The van der Waals surface area contributed by atoms with Gasteiger partial charge in [0.1, 0.15) is 36.2 Å². The fourth-order valence-corrected chi connectivity index (χ4v) is 7.79. The molecule has 2 saturated heterocycles. The molecule has 0 spiro atoms. The number of carboxylic acid groups (broad SMARTS) is 2. The van der Waals surface area contributed by atoms with E-state index in [2.05, 4.69) is 0 Å². The van der Waals surface area contributed by atoms with Crippen LogP contribution in [0, 0.1) is 20.2 Å². The largest absolute Gasteiger partial charge is 1.00 e. The van der Waals surface area contributed by atoms with Crippen LogP contribution in [0.4, 0.5) is 0 Å². The van der Waals surface area contributed by atoms with Crippen LogP contribution in [0.2, 0.25) is 0 Å². The molecule has 29 heteroatoms. The second-order valence-corrected chi connectivity index (χ2v) is 18.2. The van der Waals surface area contributed by atoms with E-state index in [1.165, 1.54) is 0 Å². The van der Waals surface area contributed by atoms with Crippen LogP contribution in [0.25, 0.3) is 0 Å². The summed E-state index contributed by atoms with van der Waals surface area (Å²) >= 11 is 0. The van der Waals surface area contributed by atoms with Gasteiger partial charge in [-0.2, -0.15) is 0 Å². The molecule has 3 unspecified atom stereocenters. The summed E-state index contributed by atoms with van der Waals surface area (Å²) in [6.45, 7) is 12.4. The summed E-state index contributed by atoms with van der Waals surface area (Å²) in [6, 6.07) is 26.0. The summed E-state index contributed by atoms with van der Waals surface area (Å²) in [5.74, 6) is 0.119. The second-order valence-electron chi connectivity index (χ2n) is 18.2. The Kier molecular flexibility index (Phi) is 30.4. The molecule has 0 radical (unpaired) electrons. The van der Waals surface area contributed by atoms with Crippen molar-refractivity contribution < 1.29 is 126 Å². The second kappa shape index (κ2) is 34.6. The van der Waals surface area contributed by atoms with Gasteiger partial charge in [-0.25, -0.2) is 0 Å². The molecule has 0 bridgehead atoms. The minimum absolute atomic E-state index is 0. The Labute approximate surface area is 480 Å². The molecule has 0 saturated carbocycles. The number of carbonyl (C=O) groups excluding carboxylic acids is 1.